The molecule has 31 heavy (non-hydrogen) atoms. The van der Waals surface area contributed by atoms with Gasteiger partial charge in [-0.05, 0) is 48.4 Å². The number of ketones is 1. The molecule has 0 saturated carbocycles. The van der Waals surface area contributed by atoms with E-state index in [0.717, 1.165) is 40.3 Å². The first-order chi connectivity index (χ1) is 15.1. The van der Waals surface area contributed by atoms with E-state index in [-0.39, 0.29) is 11.8 Å². The van der Waals surface area contributed by atoms with Crippen LogP contribution in [0.25, 0.3) is 0 Å². The lowest BCUT2D eigenvalue weighted by atomic mass is 9.85. The minimum absolute atomic E-state index is 0.194. The molecule has 1 N–H and O–H groups in total. The van der Waals surface area contributed by atoms with Gasteiger partial charge in [0.05, 0.1) is 0 Å². The highest BCUT2D eigenvalue weighted by Crippen LogP contribution is 2.41. The fourth-order valence-electron chi connectivity index (χ4n) is 4.05. The molecule has 2 heterocycles. The number of halogens is 1. The Hall–Kier alpha value is -2.22. The fraction of sp³-hybridized carbons (Fsp3) is 0.261. The van der Waals surface area contributed by atoms with Gasteiger partial charge >= 0.3 is 0 Å². The van der Waals surface area contributed by atoms with Gasteiger partial charge < -0.3 is 5.32 Å². The molecule has 0 radical (unpaired) electrons. The molecule has 5 rings (SSSR count). The maximum Gasteiger partial charge on any atom is 0.227 e. The number of carbonyl (C=O) groups excluding carboxylic acids is 1. The number of allylic oxidation sites excluding steroid dienone is 2. The molecule has 8 heteroatoms. The number of aromatic nitrogens is 3. The smallest absolute Gasteiger partial charge is 0.227 e. The van der Waals surface area contributed by atoms with Crippen molar-refractivity contribution in [1.82, 2.24) is 14.8 Å². The highest BCUT2D eigenvalue weighted by Gasteiger charge is 2.36. The molecular weight excluding hydrogens is 448 g/mol. The molecule has 0 spiro atoms. The number of anilines is 1. The van der Waals surface area contributed by atoms with Crippen molar-refractivity contribution < 1.29 is 4.79 Å². The highest BCUT2D eigenvalue weighted by molar-refractivity contribution is 7.98. The summed E-state index contributed by atoms with van der Waals surface area (Å²) in [6, 6.07) is 15.9. The van der Waals surface area contributed by atoms with Crippen molar-refractivity contribution in [2.45, 2.75) is 41.1 Å². The van der Waals surface area contributed by atoms with E-state index in [2.05, 4.69) is 35.8 Å². The summed E-state index contributed by atoms with van der Waals surface area (Å²) in [5.41, 5.74) is 3.91. The van der Waals surface area contributed by atoms with Gasteiger partial charge in [0.1, 0.15) is 6.04 Å². The molecule has 1 aromatic heterocycles. The summed E-state index contributed by atoms with van der Waals surface area (Å²) < 4.78 is 1.87. The molecule has 2 aromatic carbocycles. The molecule has 0 amide bonds. The van der Waals surface area contributed by atoms with Crippen molar-refractivity contribution in [3.63, 3.8) is 0 Å². The van der Waals surface area contributed by atoms with E-state index < -0.39 is 0 Å². The largest absolute Gasteiger partial charge is 0.328 e. The Balaban J connectivity index is 1.50. The number of fused-ring (bicyclic) bond motifs is 1. The first kappa shape index (κ1) is 20.7. The monoisotopic (exact) mass is 468 g/mol. The molecule has 0 saturated heterocycles. The van der Waals surface area contributed by atoms with Gasteiger partial charge in [0.15, 0.2) is 5.78 Å². The molecule has 3 aromatic rings. The predicted molar refractivity (Wildman–Crippen MR) is 127 cm³/mol. The summed E-state index contributed by atoms with van der Waals surface area (Å²) in [5.74, 6) is 1.57. The topological polar surface area (TPSA) is 59.8 Å². The number of thioether (sulfide) groups is 2. The quantitative estimate of drug-likeness (QED) is 0.465. The zero-order chi connectivity index (χ0) is 21.4. The van der Waals surface area contributed by atoms with Crippen LogP contribution in [0.4, 0.5) is 5.95 Å². The molecule has 0 bridgehead atoms. The van der Waals surface area contributed by atoms with Crippen LogP contribution in [0.1, 0.15) is 36.4 Å². The van der Waals surface area contributed by atoms with Crippen LogP contribution < -0.4 is 5.32 Å². The van der Waals surface area contributed by atoms with Crippen LogP contribution in [-0.4, -0.2) is 26.8 Å². The average molecular weight is 469 g/mol. The second-order valence-corrected chi connectivity index (χ2v) is 9.74. The van der Waals surface area contributed by atoms with Gasteiger partial charge in [-0.2, -0.15) is 4.98 Å². The number of rotatable bonds is 5. The van der Waals surface area contributed by atoms with Crippen LogP contribution in [0.3, 0.4) is 0 Å². The first-order valence-electron chi connectivity index (χ1n) is 10.1. The SMILES string of the molecule is CSc1ccc(C2C3=C(CCCC3=O)Nc3nc(SCc4ccccc4Cl)nn32)cc1. The number of nitrogens with zero attached hydrogens (tertiary/aromatic N) is 3. The Bertz CT molecular complexity index is 1170. The van der Waals surface area contributed by atoms with Crippen LogP contribution in [-0.2, 0) is 10.5 Å². The molecular formula is C23H21ClN4OS2. The summed E-state index contributed by atoms with van der Waals surface area (Å²) in [4.78, 5) is 18.8. The van der Waals surface area contributed by atoms with Crippen LogP contribution in [0.5, 0.6) is 0 Å². The molecule has 1 aliphatic heterocycles. The molecule has 1 aliphatic carbocycles. The zero-order valence-corrected chi connectivity index (χ0v) is 19.4. The minimum atomic E-state index is -0.253. The van der Waals surface area contributed by atoms with Gasteiger partial charge in [0.25, 0.3) is 0 Å². The molecule has 2 aliphatic rings. The van der Waals surface area contributed by atoms with Gasteiger partial charge in [0.2, 0.25) is 11.1 Å². The van der Waals surface area contributed by atoms with Gasteiger partial charge in [-0.3, -0.25) is 4.79 Å². The van der Waals surface area contributed by atoms with Gasteiger partial charge in [0, 0.05) is 33.4 Å². The molecule has 158 valence electrons. The first-order valence-corrected chi connectivity index (χ1v) is 12.7. The third-order valence-corrected chi connectivity index (χ3v) is 7.59. The van der Waals surface area contributed by atoms with E-state index in [9.17, 15) is 4.79 Å². The van der Waals surface area contributed by atoms with E-state index in [0.29, 0.717) is 23.3 Å². The Kier molecular flexibility index (Phi) is 5.82. The van der Waals surface area contributed by atoms with Crippen molar-refractivity contribution in [1.29, 1.82) is 0 Å². The van der Waals surface area contributed by atoms with E-state index in [4.69, 9.17) is 21.7 Å². The average Bonchev–Trinajstić information content (AvgIpc) is 3.20. The predicted octanol–water partition coefficient (Wildman–Crippen LogP) is 5.97. The Morgan fingerprint density at radius 3 is 2.74 bits per heavy atom. The molecule has 1 atom stereocenters. The van der Waals surface area contributed by atoms with Crippen LogP contribution in [0.2, 0.25) is 5.02 Å². The lowest BCUT2D eigenvalue weighted by Crippen LogP contribution is -2.31. The summed E-state index contributed by atoms with van der Waals surface area (Å²) in [6.45, 7) is 0. The number of nitrogens with one attached hydrogen (secondary N) is 1. The lowest BCUT2D eigenvalue weighted by Gasteiger charge is -2.32. The Morgan fingerprint density at radius 2 is 1.97 bits per heavy atom. The zero-order valence-electron chi connectivity index (χ0n) is 17.0. The summed E-state index contributed by atoms with van der Waals surface area (Å²) in [7, 11) is 0. The van der Waals surface area contributed by atoms with Crippen molar-refractivity contribution >= 4 is 46.9 Å². The van der Waals surface area contributed by atoms with Crippen LogP contribution in [0, 0.1) is 0 Å². The van der Waals surface area contributed by atoms with Crippen molar-refractivity contribution in [3.05, 3.63) is 76.0 Å². The van der Waals surface area contributed by atoms with Crippen LogP contribution >= 0.6 is 35.1 Å². The lowest BCUT2D eigenvalue weighted by molar-refractivity contribution is -0.116. The maximum atomic E-state index is 12.9. The molecule has 5 nitrogen and oxygen atoms in total. The summed E-state index contributed by atoms with van der Waals surface area (Å²) in [5, 5.41) is 9.59. The maximum absolute atomic E-state index is 12.9. The van der Waals surface area contributed by atoms with Crippen molar-refractivity contribution in [2.75, 3.05) is 11.6 Å². The summed E-state index contributed by atoms with van der Waals surface area (Å²) >= 11 is 9.55. The highest BCUT2D eigenvalue weighted by atomic mass is 35.5. The minimum Gasteiger partial charge on any atom is -0.328 e. The Labute approximate surface area is 194 Å². The third-order valence-electron chi connectivity index (χ3n) is 5.59. The van der Waals surface area contributed by atoms with Crippen molar-refractivity contribution in [3.8, 4) is 0 Å². The molecule has 0 fully saturated rings. The number of carbonyl (C=O) groups is 1. The second-order valence-electron chi connectivity index (χ2n) is 7.51. The second kappa shape index (κ2) is 8.73. The number of hydrogen-bond acceptors (Lipinski definition) is 6. The number of benzene rings is 2. The number of Topliss-reactive ketones (excluding diaryl/α,β-unsaturated/α-hetero) is 1. The molecule has 1 unspecified atom stereocenters. The standard InChI is InChI=1S/C23H21ClN4OS2/c1-30-16-11-9-14(10-12-16)21-20-18(7-4-8-19(20)29)25-22-26-23(27-28(21)22)31-13-15-5-2-3-6-17(15)24/h2-3,5-6,9-12,21H,4,7-8,13H2,1H3,(H,25,26,27). The van der Waals surface area contributed by atoms with Crippen LogP contribution in [0.15, 0.2) is 69.9 Å². The normalized spacial score (nSPS) is 17.9. The van der Waals surface area contributed by atoms with Crippen molar-refractivity contribution in [2.24, 2.45) is 0 Å². The van der Waals surface area contributed by atoms with Gasteiger partial charge in [-0.1, -0.05) is 53.7 Å². The fourth-order valence-corrected chi connectivity index (χ4v) is 5.57. The Morgan fingerprint density at radius 1 is 1.16 bits per heavy atom. The van der Waals surface area contributed by atoms with E-state index in [1.807, 2.05) is 28.9 Å². The third kappa shape index (κ3) is 4.02. The summed E-state index contributed by atoms with van der Waals surface area (Å²) in [6.07, 6.45) is 4.36. The van der Waals surface area contributed by atoms with E-state index in [1.54, 1.807) is 23.5 Å². The van der Waals surface area contributed by atoms with E-state index in [1.165, 1.54) is 4.90 Å². The van der Waals surface area contributed by atoms with Gasteiger partial charge in [-0.25, -0.2) is 4.68 Å². The number of hydrogen-bond donors (Lipinski definition) is 1. The van der Waals surface area contributed by atoms with Gasteiger partial charge in [-0.15, -0.1) is 16.9 Å². The van der Waals surface area contributed by atoms with E-state index >= 15 is 0 Å².